The number of benzene rings is 2. The molecule has 0 aliphatic carbocycles. The summed E-state index contributed by atoms with van der Waals surface area (Å²) >= 11 is 6.15. The lowest BCUT2D eigenvalue weighted by Crippen LogP contribution is -2.18. The van der Waals surface area contributed by atoms with Crippen LogP contribution in [-0.4, -0.2) is 33.8 Å². The number of hydrogen-bond donors (Lipinski definition) is 1. The van der Waals surface area contributed by atoms with E-state index in [1.807, 2.05) is 0 Å². The van der Waals surface area contributed by atoms with E-state index in [0.717, 1.165) is 11.8 Å². The molecule has 1 N–H and O–H groups in total. The molecule has 1 amide bonds. The highest BCUT2D eigenvalue weighted by atomic mass is 35.5. The highest BCUT2D eigenvalue weighted by molar-refractivity contribution is 7.90. The molecule has 8 heteroatoms. The zero-order valence-corrected chi connectivity index (χ0v) is 15.2. The molecular formula is C17H16ClNO5S. The van der Waals surface area contributed by atoms with E-state index in [9.17, 15) is 13.2 Å². The van der Waals surface area contributed by atoms with Gasteiger partial charge in [0.25, 0.3) is 5.91 Å². The molecule has 2 aromatic carbocycles. The van der Waals surface area contributed by atoms with Gasteiger partial charge in [0.1, 0.15) is 13.2 Å². The molecule has 0 atom stereocenters. The predicted molar refractivity (Wildman–Crippen MR) is 94.7 cm³/mol. The number of fused-ring (bicyclic) bond motifs is 1. The molecule has 0 saturated carbocycles. The van der Waals surface area contributed by atoms with Gasteiger partial charge in [-0.2, -0.15) is 0 Å². The Morgan fingerprint density at radius 2 is 1.88 bits per heavy atom. The van der Waals surface area contributed by atoms with Crippen LogP contribution in [0.3, 0.4) is 0 Å². The van der Waals surface area contributed by atoms with E-state index in [1.54, 1.807) is 19.1 Å². The van der Waals surface area contributed by atoms with Gasteiger partial charge >= 0.3 is 0 Å². The number of nitrogens with one attached hydrogen (secondary N) is 1. The third kappa shape index (κ3) is 3.72. The fourth-order valence-corrected chi connectivity index (χ4v) is 3.32. The molecule has 0 saturated heterocycles. The number of anilines is 1. The van der Waals surface area contributed by atoms with E-state index in [-0.39, 0.29) is 9.92 Å². The van der Waals surface area contributed by atoms with Crippen molar-refractivity contribution in [3.8, 4) is 11.5 Å². The van der Waals surface area contributed by atoms with Gasteiger partial charge in [-0.05, 0) is 36.8 Å². The lowest BCUT2D eigenvalue weighted by molar-refractivity contribution is 0.102. The SMILES string of the molecule is Cc1ccc(S(C)(=O)=O)cc1NC(=O)c1cc(Cl)c2c(c1)OCCO2. The number of aryl methyl sites for hydroxylation is 1. The minimum atomic E-state index is -3.37. The fraction of sp³-hybridized carbons (Fsp3) is 0.235. The van der Waals surface area contributed by atoms with E-state index < -0.39 is 15.7 Å². The molecule has 0 unspecified atom stereocenters. The molecule has 0 fully saturated rings. The van der Waals surface area contributed by atoms with Gasteiger partial charge < -0.3 is 14.8 Å². The Morgan fingerprint density at radius 3 is 2.60 bits per heavy atom. The van der Waals surface area contributed by atoms with Crippen LogP contribution in [0.15, 0.2) is 35.2 Å². The van der Waals surface area contributed by atoms with Crippen molar-refractivity contribution in [1.82, 2.24) is 0 Å². The van der Waals surface area contributed by atoms with Gasteiger partial charge in [-0.15, -0.1) is 0 Å². The van der Waals surface area contributed by atoms with Crippen LogP contribution >= 0.6 is 11.6 Å². The summed E-state index contributed by atoms with van der Waals surface area (Å²) in [6, 6.07) is 7.61. The van der Waals surface area contributed by atoms with Gasteiger partial charge in [0.05, 0.1) is 9.92 Å². The van der Waals surface area contributed by atoms with Gasteiger partial charge in [0.15, 0.2) is 21.3 Å². The van der Waals surface area contributed by atoms with Crippen molar-refractivity contribution in [3.05, 3.63) is 46.5 Å². The van der Waals surface area contributed by atoms with Crippen LogP contribution in [0.5, 0.6) is 11.5 Å². The Balaban J connectivity index is 1.92. The van der Waals surface area contributed by atoms with Crippen molar-refractivity contribution < 1.29 is 22.7 Å². The average Bonchev–Trinajstić information content (AvgIpc) is 2.55. The molecule has 1 aliphatic heterocycles. The minimum Gasteiger partial charge on any atom is -0.486 e. The van der Waals surface area contributed by atoms with Crippen molar-refractivity contribution in [1.29, 1.82) is 0 Å². The Hall–Kier alpha value is -2.25. The van der Waals surface area contributed by atoms with Crippen LogP contribution in [0, 0.1) is 6.92 Å². The van der Waals surface area contributed by atoms with Crippen molar-refractivity contribution >= 4 is 33.0 Å². The molecule has 132 valence electrons. The van der Waals surface area contributed by atoms with E-state index in [4.69, 9.17) is 21.1 Å². The molecule has 0 aromatic heterocycles. The number of carbonyl (C=O) groups is 1. The van der Waals surface area contributed by atoms with E-state index in [1.165, 1.54) is 18.2 Å². The molecule has 0 spiro atoms. The van der Waals surface area contributed by atoms with Crippen molar-refractivity contribution in [2.24, 2.45) is 0 Å². The maximum atomic E-state index is 12.5. The van der Waals surface area contributed by atoms with Gasteiger partial charge in [0, 0.05) is 17.5 Å². The quantitative estimate of drug-likeness (QED) is 0.883. The summed E-state index contributed by atoms with van der Waals surface area (Å²) < 4.78 is 34.3. The second-order valence-electron chi connectivity index (χ2n) is 5.69. The van der Waals surface area contributed by atoms with Crippen LogP contribution in [0.2, 0.25) is 5.02 Å². The normalized spacial score (nSPS) is 13.4. The monoisotopic (exact) mass is 381 g/mol. The van der Waals surface area contributed by atoms with Crippen LogP contribution in [0.4, 0.5) is 5.69 Å². The van der Waals surface area contributed by atoms with Crippen LogP contribution in [0.25, 0.3) is 0 Å². The van der Waals surface area contributed by atoms with Gasteiger partial charge in [-0.1, -0.05) is 17.7 Å². The third-order valence-electron chi connectivity index (χ3n) is 3.74. The second-order valence-corrected chi connectivity index (χ2v) is 8.11. The highest BCUT2D eigenvalue weighted by Gasteiger charge is 2.20. The van der Waals surface area contributed by atoms with Gasteiger partial charge in [-0.25, -0.2) is 8.42 Å². The van der Waals surface area contributed by atoms with Crippen LogP contribution in [0.1, 0.15) is 15.9 Å². The second kappa shape index (κ2) is 6.57. The molecule has 1 aliphatic rings. The molecule has 25 heavy (non-hydrogen) atoms. The molecule has 3 rings (SSSR count). The first-order valence-electron chi connectivity index (χ1n) is 7.47. The standard InChI is InChI=1S/C17H16ClNO5S/c1-10-3-4-12(25(2,21)22)9-14(10)19-17(20)11-7-13(18)16-15(8-11)23-5-6-24-16/h3-4,7-9H,5-6H2,1-2H3,(H,19,20). The zero-order valence-electron chi connectivity index (χ0n) is 13.6. The maximum absolute atomic E-state index is 12.5. The van der Waals surface area contributed by atoms with Gasteiger partial charge in [-0.3, -0.25) is 4.79 Å². The summed E-state index contributed by atoms with van der Waals surface area (Å²) in [6.07, 6.45) is 1.11. The Kier molecular flexibility index (Phi) is 4.62. The number of rotatable bonds is 3. The molecule has 1 heterocycles. The number of ether oxygens (including phenoxy) is 2. The van der Waals surface area contributed by atoms with E-state index in [0.29, 0.717) is 36.0 Å². The average molecular weight is 382 g/mol. The number of sulfone groups is 1. The molecule has 2 aromatic rings. The summed E-state index contributed by atoms with van der Waals surface area (Å²) in [6.45, 7) is 2.55. The summed E-state index contributed by atoms with van der Waals surface area (Å²) in [5.74, 6) is 0.401. The molecule has 0 bridgehead atoms. The maximum Gasteiger partial charge on any atom is 0.255 e. The summed E-state index contributed by atoms with van der Waals surface area (Å²) in [5.41, 5.74) is 1.45. The molecule has 0 radical (unpaired) electrons. The molecular weight excluding hydrogens is 366 g/mol. The van der Waals surface area contributed by atoms with E-state index >= 15 is 0 Å². The topological polar surface area (TPSA) is 81.7 Å². The fourth-order valence-electron chi connectivity index (χ4n) is 2.40. The Morgan fingerprint density at radius 1 is 1.16 bits per heavy atom. The van der Waals surface area contributed by atoms with Crippen LogP contribution < -0.4 is 14.8 Å². The number of hydrogen-bond acceptors (Lipinski definition) is 5. The lowest BCUT2D eigenvalue weighted by atomic mass is 10.1. The third-order valence-corrected chi connectivity index (χ3v) is 5.14. The van der Waals surface area contributed by atoms with E-state index in [2.05, 4.69) is 5.32 Å². The smallest absolute Gasteiger partial charge is 0.255 e. The number of carbonyl (C=O) groups excluding carboxylic acids is 1. The number of halogens is 1. The summed E-state index contributed by atoms with van der Waals surface area (Å²) in [7, 11) is -3.37. The first-order chi connectivity index (χ1) is 11.8. The number of amides is 1. The molecule has 6 nitrogen and oxygen atoms in total. The van der Waals surface area contributed by atoms with Crippen LogP contribution in [-0.2, 0) is 9.84 Å². The largest absolute Gasteiger partial charge is 0.486 e. The predicted octanol–water partition coefficient (Wildman–Crippen LogP) is 3.08. The van der Waals surface area contributed by atoms with Crippen molar-refractivity contribution in [2.45, 2.75) is 11.8 Å². The summed E-state index contributed by atoms with van der Waals surface area (Å²) in [4.78, 5) is 12.7. The first-order valence-corrected chi connectivity index (χ1v) is 9.74. The zero-order chi connectivity index (χ0) is 18.2. The van der Waals surface area contributed by atoms with Crippen molar-refractivity contribution in [3.63, 3.8) is 0 Å². The van der Waals surface area contributed by atoms with Gasteiger partial charge in [0.2, 0.25) is 0 Å². The summed E-state index contributed by atoms with van der Waals surface area (Å²) in [5, 5.41) is 3.00. The lowest BCUT2D eigenvalue weighted by Gasteiger charge is -2.20. The first kappa shape index (κ1) is 17.6. The minimum absolute atomic E-state index is 0.133. The van der Waals surface area contributed by atoms with Crippen molar-refractivity contribution in [2.75, 3.05) is 24.8 Å². The Bertz CT molecular complexity index is 956. The Labute approximate surface area is 150 Å². The highest BCUT2D eigenvalue weighted by Crippen LogP contribution is 2.38.